The van der Waals surface area contributed by atoms with E-state index in [4.69, 9.17) is 36.7 Å². The Morgan fingerprint density at radius 2 is 1.18 bits per heavy atom. The zero-order chi connectivity index (χ0) is 61.2. The summed E-state index contributed by atoms with van der Waals surface area (Å²) in [5.74, 6) is -5.09. The first-order valence-corrected chi connectivity index (χ1v) is 28.5. The number of aliphatic hydroxyl groups excluding tert-OH is 1. The van der Waals surface area contributed by atoms with Crippen molar-refractivity contribution < 1.29 is 90.5 Å². The van der Waals surface area contributed by atoms with Gasteiger partial charge in [-0.2, -0.15) is 37.0 Å². The quantitative estimate of drug-likeness (QED) is 0.0472. The van der Waals surface area contributed by atoms with Gasteiger partial charge in [-0.15, -0.1) is 0 Å². The normalized spacial score (nSPS) is 26.5. The summed E-state index contributed by atoms with van der Waals surface area (Å²) >= 11 is 14.1. The third kappa shape index (κ3) is 16.4. The van der Waals surface area contributed by atoms with Crippen molar-refractivity contribution in [2.24, 2.45) is 35.3 Å². The smallest absolute Gasteiger partial charge is 0.337 e. The highest BCUT2D eigenvalue weighted by Crippen LogP contribution is 2.58. The van der Waals surface area contributed by atoms with Gasteiger partial charge in [-0.25, -0.2) is 27.6 Å². The molecule has 19 nitrogen and oxygen atoms in total. The Bertz CT molecular complexity index is 2790. The van der Waals surface area contributed by atoms with Gasteiger partial charge in [0.15, 0.2) is 0 Å². The summed E-state index contributed by atoms with van der Waals surface area (Å²) < 4.78 is 64.0. The number of carbonyl (C=O) groups is 8. The second-order valence-electron chi connectivity index (χ2n) is 19.7. The number of esters is 5. The molecule has 2 aliphatic heterocycles. The number of carbonyl (C=O) groups excluding carboxylic acids is 8. The van der Waals surface area contributed by atoms with E-state index in [-0.39, 0.29) is 63.3 Å². The number of thioether (sulfide) groups is 1. The lowest BCUT2D eigenvalue weighted by atomic mass is 9.66. The van der Waals surface area contributed by atoms with Crippen molar-refractivity contribution >= 4 is 95.5 Å². The Balaban J connectivity index is 0.000000240. The van der Waals surface area contributed by atoms with E-state index in [0.717, 1.165) is 39.2 Å². The molecular formula is C56H69ClF3N3O16S3. The Morgan fingerprint density at radius 3 is 1.65 bits per heavy atom. The van der Waals surface area contributed by atoms with Crippen LogP contribution in [-0.2, 0) is 47.7 Å². The topological polar surface area (TPSA) is 293 Å². The summed E-state index contributed by atoms with van der Waals surface area (Å²) in [6.07, 6.45) is 6.20. The first-order valence-electron chi connectivity index (χ1n) is 25.8. The second kappa shape index (κ2) is 31.8. The number of nitrogens with one attached hydrogen (secondary N) is 2. The van der Waals surface area contributed by atoms with Crippen molar-refractivity contribution in [1.82, 2.24) is 10.6 Å². The molecule has 4 aliphatic carbocycles. The van der Waals surface area contributed by atoms with Crippen LogP contribution in [0.4, 0.5) is 13.2 Å². The van der Waals surface area contributed by atoms with Crippen molar-refractivity contribution in [3.8, 4) is 0 Å². The van der Waals surface area contributed by atoms with Crippen LogP contribution in [0.3, 0.4) is 0 Å². The number of thiol groups is 2. The van der Waals surface area contributed by atoms with E-state index in [0.29, 0.717) is 23.7 Å². The fourth-order valence-corrected chi connectivity index (χ4v) is 12.8. The summed E-state index contributed by atoms with van der Waals surface area (Å²) in [7, 11) is 4.71. The van der Waals surface area contributed by atoms with Crippen LogP contribution in [-0.4, -0.2) is 155 Å². The van der Waals surface area contributed by atoms with Gasteiger partial charge in [-0.05, 0) is 110 Å². The molecule has 5 fully saturated rings. The fraction of sp³-hybridized carbons (Fsp3) is 0.500. The maximum Gasteiger partial charge on any atom is 0.337 e. The average Bonchev–Trinajstić information content (AvgIpc) is 4.14. The molecule has 13 atom stereocenters. The molecule has 0 aromatic heterocycles. The Hall–Kier alpha value is -5.67. The molecule has 9 rings (SSSR count). The van der Waals surface area contributed by atoms with Crippen LogP contribution >= 0.6 is 48.6 Å². The van der Waals surface area contributed by atoms with E-state index in [1.165, 1.54) is 99.8 Å². The van der Waals surface area contributed by atoms with Crippen molar-refractivity contribution in [3.63, 3.8) is 0 Å². The first-order chi connectivity index (χ1) is 38.9. The standard InChI is InChI=1S/C22H26FNO6S.C11H12FNO3S.C11H14O3.C7H4ClFO.C4H9NO2S.CH4O/c1-11-9-12-7-8-16-22(12,28)17(21(27)30-16)18(11)31-10-15(20(26)29-2)24-19(25)13-5-3-4-6-14(13)23;1-16-11(15)9(6-17)13-10(14)7-4-2-3-5-8(7)12;1-6-4-7-2-3-9-11(7,13)8(5-6)10(12)14-9;8-7(10)5-3-1-2-4-6(5)9;1-7-4(6)3(5)2-8;1-2/h3-6,11-12,15-18,28H,7-10H2,1-2H3,(H,24,25);2-5,9,17H,6H2,1H3,(H,13,14);5-7,9,13H,2-4H2,1H3;1-4H;3,8H,2,5H2,1H3;2H,1H3/t11-,12+,15-,16+,17?,18+,22?;9-;6-,7+,9+,11?;;3-;/m000.0./s1. The molecule has 3 aromatic carbocycles. The summed E-state index contributed by atoms with van der Waals surface area (Å²) in [6, 6.07) is 14.1. The number of hydrogen-bond acceptors (Lipinski definition) is 20. The van der Waals surface area contributed by atoms with Gasteiger partial charge in [0.05, 0.1) is 43.6 Å². The fourth-order valence-electron chi connectivity index (χ4n) is 10.7. The molecule has 3 unspecified atom stereocenters. The first kappa shape index (κ1) is 68.8. The van der Waals surface area contributed by atoms with Crippen molar-refractivity contribution in [2.75, 3.05) is 45.7 Å². The van der Waals surface area contributed by atoms with Crippen LogP contribution in [0.5, 0.6) is 0 Å². The highest BCUT2D eigenvalue weighted by atomic mass is 35.5. The maximum absolute atomic E-state index is 14.0. The highest BCUT2D eigenvalue weighted by molar-refractivity contribution is 8.00. The zero-order valence-electron chi connectivity index (χ0n) is 45.8. The predicted molar refractivity (Wildman–Crippen MR) is 302 cm³/mol. The average molecular weight is 1230 g/mol. The second-order valence-corrected chi connectivity index (χ2v) is 22.0. The van der Waals surface area contributed by atoms with E-state index < -0.39 is 99.7 Å². The number of halogens is 4. The van der Waals surface area contributed by atoms with Gasteiger partial charge in [0.2, 0.25) is 0 Å². The molecule has 450 valence electrons. The lowest BCUT2D eigenvalue weighted by Gasteiger charge is -2.44. The van der Waals surface area contributed by atoms with E-state index in [2.05, 4.69) is 52.3 Å². The molecule has 7 N–H and O–H groups in total. The Kier molecular flexibility index (Phi) is 26.7. The molecule has 2 amide bonds. The Morgan fingerprint density at radius 1 is 0.707 bits per heavy atom. The van der Waals surface area contributed by atoms with E-state index in [1.807, 2.05) is 13.0 Å². The Labute approximate surface area is 493 Å². The van der Waals surface area contributed by atoms with Gasteiger partial charge in [-0.1, -0.05) is 56.3 Å². The summed E-state index contributed by atoms with van der Waals surface area (Å²) in [5, 5.41) is 32.7. The molecule has 3 saturated carbocycles. The van der Waals surface area contributed by atoms with Crippen molar-refractivity contribution in [1.29, 1.82) is 0 Å². The van der Waals surface area contributed by atoms with Gasteiger partial charge in [0.1, 0.15) is 64.9 Å². The largest absolute Gasteiger partial charge is 0.468 e. The number of benzene rings is 3. The molecule has 26 heteroatoms. The molecular weight excluding hydrogens is 1160 g/mol. The third-order valence-corrected chi connectivity index (χ3v) is 17.3. The molecule has 0 spiro atoms. The molecule has 2 saturated heterocycles. The molecule has 3 aromatic rings. The third-order valence-electron chi connectivity index (χ3n) is 14.6. The number of ether oxygens (including phenoxy) is 5. The highest BCUT2D eigenvalue weighted by Gasteiger charge is 2.68. The van der Waals surface area contributed by atoms with Crippen LogP contribution in [0, 0.1) is 47.0 Å². The summed E-state index contributed by atoms with van der Waals surface area (Å²) in [6.45, 7) is 4.12. The molecule has 0 bridgehead atoms. The minimum atomic E-state index is -1.17. The minimum absolute atomic E-state index is 0.0259. The van der Waals surface area contributed by atoms with E-state index in [1.54, 1.807) is 6.07 Å². The van der Waals surface area contributed by atoms with Crippen LogP contribution in [0.15, 0.2) is 84.4 Å². The molecule has 6 aliphatic rings. The predicted octanol–water partition coefficient (Wildman–Crippen LogP) is 5.20. The summed E-state index contributed by atoms with van der Waals surface area (Å²) in [5.41, 5.74) is 3.23. The van der Waals surface area contributed by atoms with Crippen LogP contribution in [0.1, 0.15) is 83.4 Å². The van der Waals surface area contributed by atoms with Crippen LogP contribution < -0.4 is 16.4 Å². The van der Waals surface area contributed by atoms with Crippen molar-refractivity contribution in [3.05, 3.63) is 119 Å². The van der Waals surface area contributed by atoms with Crippen LogP contribution in [0.25, 0.3) is 0 Å². The molecule has 82 heavy (non-hydrogen) atoms. The van der Waals surface area contributed by atoms with E-state index >= 15 is 0 Å². The SMILES string of the molecule is CO.COC(=O)[C@@H](N)CS.COC(=O)[C@H](CS)NC(=O)c1ccccc1F.COC(=O)[C@H](CS[C@H]1C2C(=O)O[C@@H]3CC[C@H](C[C@@H]1C)C23O)NC(=O)c1ccccc1F.C[C@@H]1C=C2C(=O)O[C@@H]3CC[C@H](C1)C23O.O=C(Cl)c1ccccc1F. The number of rotatable bonds is 13. The molecule has 0 radical (unpaired) electrons. The maximum atomic E-state index is 14.0. The van der Waals surface area contributed by atoms with Gasteiger partial charge >= 0.3 is 29.8 Å². The zero-order valence-corrected chi connectivity index (χ0v) is 49.1. The van der Waals surface area contributed by atoms with Gasteiger partial charge in [0.25, 0.3) is 17.1 Å². The number of aliphatic hydroxyl groups is 3. The van der Waals surface area contributed by atoms with Crippen molar-refractivity contribution in [2.45, 2.75) is 99.2 Å². The number of hydrogen-bond donors (Lipinski definition) is 8. The van der Waals surface area contributed by atoms with E-state index in [9.17, 15) is 61.7 Å². The lowest BCUT2D eigenvalue weighted by molar-refractivity contribution is -0.145. The monoisotopic (exact) mass is 1230 g/mol. The number of methoxy groups -OCH3 is 3. The number of amides is 2. The minimum Gasteiger partial charge on any atom is -0.468 e. The van der Waals surface area contributed by atoms with Crippen LogP contribution in [0.2, 0.25) is 0 Å². The molecule has 2 heterocycles. The van der Waals surface area contributed by atoms with Gasteiger partial charge < -0.3 is 55.4 Å². The number of allylic oxidation sites excluding steroid dienone is 1. The summed E-state index contributed by atoms with van der Waals surface area (Å²) in [4.78, 5) is 92.5. The van der Waals surface area contributed by atoms with Gasteiger partial charge in [0, 0.05) is 29.6 Å². The van der Waals surface area contributed by atoms with Gasteiger partial charge in [-0.3, -0.25) is 24.0 Å². The lowest BCUT2D eigenvalue weighted by Crippen LogP contribution is -2.56. The number of nitrogens with two attached hydrogens (primary N) is 1.